The molecule has 0 aliphatic heterocycles. The van der Waals surface area contributed by atoms with Crippen LogP contribution in [0.25, 0.3) is 0 Å². The van der Waals surface area contributed by atoms with Gasteiger partial charge in [-0.15, -0.1) is 0 Å². The molecule has 0 N–H and O–H groups in total. The summed E-state index contributed by atoms with van der Waals surface area (Å²) in [5, 5.41) is 0. The minimum absolute atomic E-state index is 0.255. The van der Waals surface area contributed by atoms with E-state index in [1.807, 2.05) is 0 Å². The highest BCUT2D eigenvalue weighted by Gasteiger charge is 1.97. The molecule has 0 saturated heterocycles. The minimum atomic E-state index is -0.255. The summed E-state index contributed by atoms with van der Waals surface area (Å²) in [6.07, 6.45) is 3.21. The van der Waals surface area contributed by atoms with Crippen molar-refractivity contribution in [3.05, 3.63) is 54.1 Å². The highest BCUT2D eigenvalue weighted by molar-refractivity contribution is 5.15. The molecule has 0 fully saturated rings. The van der Waals surface area contributed by atoms with Crippen LogP contribution < -0.4 is 4.74 Å². The van der Waals surface area contributed by atoms with Crippen LogP contribution in [0.4, 0.5) is 4.39 Å². The van der Waals surface area contributed by atoms with Crippen LogP contribution in [0.1, 0.15) is 5.56 Å². The van der Waals surface area contributed by atoms with Crippen LogP contribution in [0.3, 0.4) is 0 Å². The predicted molar refractivity (Wildman–Crippen MR) is 52.8 cm³/mol. The lowest BCUT2D eigenvalue weighted by Gasteiger charge is -2.03. The van der Waals surface area contributed by atoms with Gasteiger partial charge in [0.05, 0.1) is 0 Å². The van der Waals surface area contributed by atoms with Crippen molar-refractivity contribution < 1.29 is 9.13 Å². The molecule has 2 rings (SSSR count). The van der Waals surface area contributed by atoms with E-state index in [0.717, 1.165) is 5.56 Å². The summed E-state index contributed by atoms with van der Waals surface area (Å²) in [6.45, 7) is 0.338. The Morgan fingerprint density at radius 3 is 2.40 bits per heavy atom. The average molecular weight is 204 g/mol. The summed E-state index contributed by atoms with van der Waals surface area (Å²) in [6, 6.07) is 8.15. The first-order chi connectivity index (χ1) is 7.34. The summed E-state index contributed by atoms with van der Waals surface area (Å²) in [5.41, 5.74) is 0.879. The fraction of sp³-hybridized carbons (Fsp3) is 0.0909. The van der Waals surface area contributed by atoms with Crippen molar-refractivity contribution in [3.63, 3.8) is 0 Å². The number of hydrogen-bond acceptors (Lipinski definition) is 3. The van der Waals surface area contributed by atoms with E-state index < -0.39 is 0 Å². The molecule has 0 atom stereocenters. The Morgan fingerprint density at radius 1 is 1.07 bits per heavy atom. The molecule has 0 radical (unpaired) electrons. The fourth-order valence-electron chi connectivity index (χ4n) is 1.09. The van der Waals surface area contributed by atoms with Crippen molar-refractivity contribution in [3.8, 4) is 6.01 Å². The molecule has 4 heteroatoms. The van der Waals surface area contributed by atoms with Gasteiger partial charge in [-0.3, -0.25) is 0 Å². The lowest BCUT2D eigenvalue weighted by molar-refractivity contribution is 0.280. The third-order valence-corrected chi connectivity index (χ3v) is 1.82. The molecular weight excluding hydrogens is 195 g/mol. The van der Waals surface area contributed by atoms with Crippen molar-refractivity contribution in [2.75, 3.05) is 0 Å². The molecule has 0 aliphatic rings. The van der Waals surface area contributed by atoms with E-state index in [9.17, 15) is 4.39 Å². The minimum Gasteiger partial charge on any atom is -0.459 e. The largest absolute Gasteiger partial charge is 0.459 e. The molecule has 1 heterocycles. The first kappa shape index (κ1) is 9.58. The maximum atomic E-state index is 12.6. The number of halogens is 1. The number of hydrogen-bond donors (Lipinski definition) is 0. The number of ether oxygens (including phenoxy) is 1. The van der Waals surface area contributed by atoms with E-state index in [0.29, 0.717) is 12.6 Å². The lowest BCUT2D eigenvalue weighted by Crippen LogP contribution is -1.98. The molecule has 0 aliphatic carbocycles. The van der Waals surface area contributed by atoms with Crippen molar-refractivity contribution in [1.82, 2.24) is 9.97 Å². The van der Waals surface area contributed by atoms with Gasteiger partial charge in [-0.25, -0.2) is 14.4 Å². The van der Waals surface area contributed by atoms with Gasteiger partial charge in [0.25, 0.3) is 0 Å². The second-order valence-electron chi connectivity index (χ2n) is 2.95. The van der Waals surface area contributed by atoms with Gasteiger partial charge >= 0.3 is 6.01 Å². The predicted octanol–water partition coefficient (Wildman–Crippen LogP) is 2.19. The van der Waals surface area contributed by atoms with Crippen LogP contribution in [0.2, 0.25) is 0 Å². The molecule has 76 valence electrons. The van der Waals surface area contributed by atoms with Gasteiger partial charge in [-0.1, -0.05) is 12.1 Å². The lowest BCUT2D eigenvalue weighted by atomic mass is 10.2. The molecule has 0 unspecified atom stereocenters. The van der Waals surface area contributed by atoms with Crippen LogP contribution >= 0.6 is 0 Å². The molecule has 3 nitrogen and oxygen atoms in total. The van der Waals surface area contributed by atoms with E-state index in [1.54, 1.807) is 30.6 Å². The smallest absolute Gasteiger partial charge is 0.316 e. The maximum absolute atomic E-state index is 12.6. The van der Waals surface area contributed by atoms with Crippen LogP contribution in [-0.4, -0.2) is 9.97 Å². The molecule has 1 aromatic carbocycles. The number of rotatable bonds is 3. The molecule has 15 heavy (non-hydrogen) atoms. The van der Waals surface area contributed by atoms with Gasteiger partial charge in [0.15, 0.2) is 0 Å². The van der Waals surface area contributed by atoms with Gasteiger partial charge in [-0.05, 0) is 23.8 Å². The summed E-state index contributed by atoms with van der Waals surface area (Å²) in [5.74, 6) is -0.255. The molecule has 2 aromatic rings. The summed E-state index contributed by atoms with van der Waals surface area (Å²) in [4.78, 5) is 7.81. The molecule has 0 spiro atoms. The Balaban J connectivity index is 1.96. The summed E-state index contributed by atoms with van der Waals surface area (Å²) >= 11 is 0. The first-order valence-electron chi connectivity index (χ1n) is 4.49. The molecule has 0 amide bonds. The van der Waals surface area contributed by atoms with Crippen LogP contribution in [0.5, 0.6) is 6.01 Å². The zero-order valence-electron chi connectivity index (χ0n) is 7.93. The van der Waals surface area contributed by atoms with Crippen molar-refractivity contribution in [2.24, 2.45) is 0 Å². The second kappa shape index (κ2) is 4.50. The van der Waals surface area contributed by atoms with E-state index >= 15 is 0 Å². The van der Waals surface area contributed by atoms with Gasteiger partial charge in [0.1, 0.15) is 12.4 Å². The Morgan fingerprint density at radius 2 is 1.73 bits per heavy atom. The van der Waals surface area contributed by atoms with Gasteiger partial charge in [-0.2, -0.15) is 0 Å². The molecule has 1 aromatic heterocycles. The first-order valence-corrected chi connectivity index (χ1v) is 4.49. The SMILES string of the molecule is Fc1ccc(COc2ncccn2)cc1. The van der Waals surface area contributed by atoms with E-state index in [2.05, 4.69) is 9.97 Å². The normalized spacial score (nSPS) is 9.93. The van der Waals surface area contributed by atoms with Crippen LogP contribution in [-0.2, 0) is 6.61 Å². The summed E-state index contributed by atoms with van der Waals surface area (Å²) in [7, 11) is 0. The Labute approximate surface area is 86.6 Å². The fourth-order valence-corrected chi connectivity index (χ4v) is 1.09. The number of aromatic nitrogens is 2. The van der Waals surface area contributed by atoms with Crippen LogP contribution in [0.15, 0.2) is 42.7 Å². The van der Waals surface area contributed by atoms with Gasteiger partial charge in [0.2, 0.25) is 0 Å². The highest BCUT2D eigenvalue weighted by atomic mass is 19.1. The Hall–Kier alpha value is -1.97. The standard InChI is InChI=1S/C11H9FN2O/c12-10-4-2-9(3-5-10)8-15-11-13-6-1-7-14-11/h1-7H,8H2. The van der Waals surface area contributed by atoms with E-state index in [1.165, 1.54) is 12.1 Å². The van der Waals surface area contributed by atoms with Crippen molar-refractivity contribution in [1.29, 1.82) is 0 Å². The molecular formula is C11H9FN2O. The van der Waals surface area contributed by atoms with Crippen molar-refractivity contribution >= 4 is 0 Å². The molecule has 0 bridgehead atoms. The van der Waals surface area contributed by atoms with Gasteiger partial charge < -0.3 is 4.74 Å². The monoisotopic (exact) mass is 204 g/mol. The summed E-state index contributed by atoms with van der Waals surface area (Å²) < 4.78 is 17.9. The zero-order valence-corrected chi connectivity index (χ0v) is 7.93. The van der Waals surface area contributed by atoms with E-state index in [4.69, 9.17) is 4.74 Å². The number of nitrogens with zero attached hydrogens (tertiary/aromatic N) is 2. The maximum Gasteiger partial charge on any atom is 0.316 e. The van der Waals surface area contributed by atoms with Gasteiger partial charge in [0, 0.05) is 12.4 Å². The van der Waals surface area contributed by atoms with Crippen molar-refractivity contribution in [2.45, 2.75) is 6.61 Å². The van der Waals surface area contributed by atoms with Crippen LogP contribution in [0, 0.1) is 5.82 Å². The quantitative estimate of drug-likeness (QED) is 0.768. The van der Waals surface area contributed by atoms with E-state index in [-0.39, 0.29) is 5.82 Å². The highest BCUT2D eigenvalue weighted by Crippen LogP contribution is 2.06. The average Bonchev–Trinajstić information content (AvgIpc) is 2.30. The number of benzene rings is 1. The zero-order chi connectivity index (χ0) is 10.5. The Kier molecular flexibility index (Phi) is 2.88. The topological polar surface area (TPSA) is 35.0 Å². The molecule has 0 saturated carbocycles. The third kappa shape index (κ3) is 2.74. The Bertz CT molecular complexity index is 416. The third-order valence-electron chi connectivity index (χ3n) is 1.82. The second-order valence-corrected chi connectivity index (χ2v) is 2.95.